The van der Waals surface area contributed by atoms with Crippen molar-refractivity contribution in [2.24, 2.45) is 0 Å². The first-order chi connectivity index (χ1) is 10.4. The zero-order valence-electron chi connectivity index (χ0n) is 11.0. The lowest BCUT2D eigenvalue weighted by atomic mass is 10.0. The fraction of sp³-hybridized carbons (Fsp3) is 0.0625. The SMILES string of the molecule is O=Cc1c(-c2cccc(C(F)(F)F)c2)[nH]c2c(Cl)cccc12. The van der Waals surface area contributed by atoms with Crippen molar-refractivity contribution >= 4 is 28.8 Å². The number of fused-ring (bicyclic) bond motifs is 1. The highest BCUT2D eigenvalue weighted by atomic mass is 35.5. The molecule has 1 heterocycles. The number of rotatable bonds is 2. The first kappa shape index (κ1) is 14.7. The summed E-state index contributed by atoms with van der Waals surface area (Å²) >= 11 is 6.06. The minimum absolute atomic E-state index is 0.282. The largest absolute Gasteiger partial charge is 0.416 e. The normalized spacial score (nSPS) is 11.8. The van der Waals surface area contributed by atoms with Crippen LogP contribution in [-0.2, 0) is 6.18 Å². The van der Waals surface area contributed by atoms with Crippen molar-refractivity contribution in [1.82, 2.24) is 4.98 Å². The van der Waals surface area contributed by atoms with Gasteiger partial charge in [0.15, 0.2) is 6.29 Å². The second-order valence-corrected chi connectivity index (χ2v) is 5.18. The van der Waals surface area contributed by atoms with Crippen LogP contribution >= 0.6 is 11.6 Å². The maximum Gasteiger partial charge on any atom is 0.416 e. The maximum absolute atomic E-state index is 12.8. The molecular formula is C16H9ClF3NO. The number of hydrogen-bond donors (Lipinski definition) is 1. The summed E-state index contributed by atoms with van der Waals surface area (Å²) in [6.07, 6.45) is -3.83. The number of alkyl halides is 3. The van der Waals surface area contributed by atoms with E-state index in [-0.39, 0.29) is 11.1 Å². The molecule has 0 unspecified atom stereocenters. The maximum atomic E-state index is 12.8. The summed E-state index contributed by atoms with van der Waals surface area (Å²) in [4.78, 5) is 14.3. The third-order valence-corrected chi connectivity index (χ3v) is 3.73. The second kappa shape index (κ2) is 5.18. The van der Waals surface area contributed by atoms with E-state index in [0.717, 1.165) is 12.1 Å². The minimum atomic E-state index is -4.44. The van der Waals surface area contributed by atoms with E-state index in [1.807, 2.05) is 0 Å². The van der Waals surface area contributed by atoms with Gasteiger partial charge in [0.1, 0.15) is 0 Å². The molecule has 0 amide bonds. The molecule has 0 saturated heterocycles. The van der Waals surface area contributed by atoms with E-state index in [2.05, 4.69) is 4.98 Å². The summed E-state index contributed by atoms with van der Waals surface area (Å²) in [5, 5.41) is 0.980. The van der Waals surface area contributed by atoms with Crippen molar-refractivity contribution in [3.05, 3.63) is 58.6 Å². The van der Waals surface area contributed by atoms with Crippen LogP contribution in [0, 0.1) is 0 Å². The molecule has 3 rings (SSSR count). The monoisotopic (exact) mass is 323 g/mol. The molecule has 0 aliphatic carbocycles. The molecule has 0 bridgehead atoms. The third-order valence-electron chi connectivity index (χ3n) is 3.42. The molecule has 0 atom stereocenters. The molecule has 2 aromatic carbocycles. The fourth-order valence-corrected chi connectivity index (χ4v) is 2.63. The number of aromatic amines is 1. The average molecular weight is 324 g/mol. The van der Waals surface area contributed by atoms with E-state index >= 15 is 0 Å². The number of benzene rings is 2. The van der Waals surface area contributed by atoms with Crippen molar-refractivity contribution in [3.63, 3.8) is 0 Å². The number of nitrogens with one attached hydrogen (secondary N) is 1. The van der Waals surface area contributed by atoms with E-state index in [1.54, 1.807) is 18.2 Å². The summed E-state index contributed by atoms with van der Waals surface area (Å²) in [6, 6.07) is 9.83. The summed E-state index contributed by atoms with van der Waals surface area (Å²) in [5.74, 6) is 0. The molecule has 0 spiro atoms. The number of aromatic nitrogens is 1. The van der Waals surface area contributed by atoms with Gasteiger partial charge in [-0.3, -0.25) is 4.79 Å². The van der Waals surface area contributed by atoms with Crippen molar-refractivity contribution in [1.29, 1.82) is 0 Å². The number of carbonyl (C=O) groups excluding carboxylic acids is 1. The quantitative estimate of drug-likeness (QED) is 0.636. The van der Waals surface area contributed by atoms with E-state index in [1.165, 1.54) is 12.1 Å². The minimum Gasteiger partial charge on any atom is -0.353 e. The molecule has 0 saturated carbocycles. The highest BCUT2D eigenvalue weighted by Crippen LogP contribution is 2.35. The molecule has 3 aromatic rings. The van der Waals surface area contributed by atoms with E-state index in [0.29, 0.717) is 27.9 Å². The number of para-hydroxylation sites is 1. The van der Waals surface area contributed by atoms with Crippen LogP contribution in [0.3, 0.4) is 0 Å². The zero-order valence-corrected chi connectivity index (χ0v) is 11.8. The van der Waals surface area contributed by atoms with Gasteiger partial charge in [-0.2, -0.15) is 13.2 Å². The lowest BCUT2D eigenvalue weighted by Gasteiger charge is -2.08. The Morgan fingerprint density at radius 2 is 1.82 bits per heavy atom. The highest BCUT2D eigenvalue weighted by molar-refractivity contribution is 6.35. The van der Waals surface area contributed by atoms with Crippen LogP contribution in [0.4, 0.5) is 13.2 Å². The molecule has 0 radical (unpaired) electrons. The molecule has 6 heteroatoms. The van der Waals surface area contributed by atoms with Gasteiger partial charge in [0.2, 0.25) is 0 Å². The number of H-pyrrole nitrogens is 1. The summed E-state index contributed by atoms with van der Waals surface area (Å²) in [5.41, 5.74) is 0.649. The topological polar surface area (TPSA) is 32.9 Å². The zero-order chi connectivity index (χ0) is 15.9. The van der Waals surface area contributed by atoms with Gasteiger partial charge in [0.05, 0.1) is 21.8 Å². The molecule has 2 nitrogen and oxygen atoms in total. The molecule has 22 heavy (non-hydrogen) atoms. The Morgan fingerprint density at radius 1 is 1.09 bits per heavy atom. The van der Waals surface area contributed by atoms with E-state index < -0.39 is 11.7 Å². The molecule has 0 aliphatic rings. The van der Waals surface area contributed by atoms with Gasteiger partial charge in [-0.15, -0.1) is 0 Å². The van der Waals surface area contributed by atoms with Crippen molar-refractivity contribution in [3.8, 4) is 11.3 Å². The van der Waals surface area contributed by atoms with Crippen molar-refractivity contribution in [2.75, 3.05) is 0 Å². The summed E-state index contributed by atoms with van der Waals surface area (Å²) < 4.78 is 38.5. The lowest BCUT2D eigenvalue weighted by Crippen LogP contribution is -2.04. The Morgan fingerprint density at radius 3 is 2.50 bits per heavy atom. The van der Waals surface area contributed by atoms with Crippen LogP contribution in [0.2, 0.25) is 5.02 Å². The second-order valence-electron chi connectivity index (χ2n) is 4.77. The van der Waals surface area contributed by atoms with Gasteiger partial charge in [0.25, 0.3) is 0 Å². The predicted molar refractivity (Wildman–Crippen MR) is 79.1 cm³/mol. The van der Waals surface area contributed by atoms with Gasteiger partial charge in [-0.05, 0) is 23.8 Å². The molecule has 0 aliphatic heterocycles. The third kappa shape index (κ3) is 2.37. The predicted octanol–water partition coefficient (Wildman–Crippen LogP) is 5.32. The summed E-state index contributed by atoms with van der Waals surface area (Å²) in [6.45, 7) is 0. The van der Waals surface area contributed by atoms with Crippen LogP contribution in [0.5, 0.6) is 0 Å². The Bertz CT molecular complexity index is 867. The van der Waals surface area contributed by atoms with Crippen LogP contribution < -0.4 is 0 Å². The summed E-state index contributed by atoms with van der Waals surface area (Å²) in [7, 11) is 0. The Labute approximate surface area is 128 Å². The van der Waals surface area contributed by atoms with Crippen LogP contribution in [0.1, 0.15) is 15.9 Å². The molecule has 1 N–H and O–H groups in total. The first-order valence-corrected chi connectivity index (χ1v) is 6.72. The number of hydrogen-bond acceptors (Lipinski definition) is 1. The van der Waals surface area contributed by atoms with Gasteiger partial charge in [-0.1, -0.05) is 35.9 Å². The van der Waals surface area contributed by atoms with Gasteiger partial charge < -0.3 is 4.98 Å². The number of carbonyl (C=O) groups is 1. The van der Waals surface area contributed by atoms with E-state index in [4.69, 9.17) is 11.6 Å². The first-order valence-electron chi connectivity index (χ1n) is 6.35. The number of aldehydes is 1. The van der Waals surface area contributed by atoms with Gasteiger partial charge >= 0.3 is 6.18 Å². The molecular weight excluding hydrogens is 315 g/mol. The molecule has 112 valence electrons. The van der Waals surface area contributed by atoms with Crippen molar-refractivity contribution < 1.29 is 18.0 Å². The van der Waals surface area contributed by atoms with Crippen LogP contribution in [0.15, 0.2) is 42.5 Å². The van der Waals surface area contributed by atoms with Gasteiger partial charge in [0, 0.05) is 10.9 Å². The van der Waals surface area contributed by atoms with E-state index in [9.17, 15) is 18.0 Å². The van der Waals surface area contributed by atoms with Gasteiger partial charge in [-0.25, -0.2) is 0 Å². The highest BCUT2D eigenvalue weighted by Gasteiger charge is 2.30. The fourth-order valence-electron chi connectivity index (χ4n) is 2.40. The smallest absolute Gasteiger partial charge is 0.353 e. The average Bonchev–Trinajstić information content (AvgIpc) is 2.86. The van der Waals surface area contributed by atoms with Crippen LogP contribution in [-0.4, -0.2) is 11.3 Å². The number of halogens is 4. The van der Waals surface area contributed by atoms with Crippen LogP contribution in [0.25, 0.3) is 22.2 Å². The molecule has 1 aromatic heterocycles. The Kier molecular flexibility index (Phi) is 3.45. The Balaban J connectivity index is 2.27. The lowest BCUT2D eigenvalue weighted by molar-refractivity contribution is -0.137. The Hall–Kier alpha value is -2.27. The molecule has 0 fully saturated rings. The van der Waals surface area contributed by atoms with Crippen molar-refractivity contribution in [2.45, 2.75) is 6.18 Å². The standard InChI is InChI=1S/C16H9ClF3NO/c17-13-6-2-5-11-12(8-22)14(21-15(11)13)9-3-1-4-10(7-9)16(18,19)20/h1-8,21H.